The van der Waals surface area contributed by atoms with E-state index >= 15 is 4.39 Å². The van der Waals surface area contributed by atoms with Gasteiger partial charge in [-0.3, -0.25) is 9.97 Å². The zero-order valence-electron chi connectivity index (χ0n) is 22.0. The van der Waals surface area contributed by atoms with Crippen molar-refractivity contribution in [3.63, 3.8) is 0 Å². The molecule has 0 amide bonds. The van der Waals surface area contributed by atoms with Gasteiger partial charge in [0.1, 0.15) is 17.2 Å². The first-order valence-corrected chi connectivity index (χ1v) is 13.0. The number of aromatic nitrogens is 4. The summed E-state index contributed by atoms with van der Waals surface area (Å²) in [5, 5.41) is 15.8. The van der Waals surface area contributed by atoms with Crippen molar-refractivity contribution in [3.05, 3.63) is 77.3 Å². The summed E-state index contributed by atoms with van der Waals surface area (Å²) in [6.07, 6.45) is 5.21. The van der Waals surface area contributed by atoms with Crippen LogP contribution < -0.4 is 0 Å². The predicted molar refractivity (Wildman–Crippen MR) is 143 cm³/mol. The Balaban J connectivity index is 1.71. The molecule has 4 aromatic heterocycles. The van der Waals surface area contributed by atoms with E-state index in [1.807, 2.05) is 38.2 Å². The molecule has 1 atom stereocenters. The van der Waals surface area contributed by atoms with Crippen LogP contribution in [0.1, 0.15) is 55.4 Å². The van der Waals surface area contributed by atoms with Crippen LogP contribution in [0.15, 0.2) is 53.3 Å². The van der Waals surface area contributed by atoms with E-state index in [1.54, 1.807) is 26.1 Å². The van der Waals surface area contributed by atoms with E-state index in [2.05, 4.69) is 20.8 Å². The Morgan fingerprint density at radius 2 is 1.82 bits per heavy atom. The maximum absolute atomic E-state index is 15.5. The number of benzene rings is 1. The van der Waals surface area contributed by atoms with E-state index in [4.69, 9.17) is 14.2 Å². The number of aryl methyl sites for hydroxylation is 2. The van der Waals surface area contributed by atoms with Crippen molar-refractivity contribution in [1.82, 2.24) is 19.7 Å². The Kier molecular flexibility index (Phi) is 6.04. The molecule has 1 aliphatic rings. The number of ether oxygens (including phenoxy) is 1. The maximum atomic E-state index is 15.5. The molecular formula is C30H31FN4O3. The molecule has 1 unspecified atom stereocenters. The first-order valence-electron chi connectivity index (χ1n) is 13.0. The molecule has 38 heavy (non-hydrogen) atoms. The highest BCUT2D eigenvalue weighted by Crippen LogP contribution is 2.42. The van der Waals surface area contributed by atoms with Gasteiger partial charge in [-0.2, -0.15) is 0 Å². The highest BCUT2D eigenvalue weighted by atomic mass is 19.1. The molecule has 1 saturated heterocycles. The normalized spacial score (nSPS) is 15.9. The molecule has 6 rings (SSSR count). The van der Waals surface area contributed by atoms with Crippen molar-refractivity contribution in [1.29, 1.82) is 0 Å². The average molecular weight is 515 g/mol. The Bertz CT molecular complexity index is 1620. The molecule has 0 saturated carbocycles. The molecule has 0 radical (unpaired) electrons. The van der Waals surface area contributed by atoms with E-state index < -0.39 is 5.60 Å². The van der Waals surface area contributed by atoms with Crippen molar-refractivity contribution >= 4 is 21.9 Å². The largest absolute Gasteiger partial charge is 0.384 e. The summed E-state index contributed by atoms with van der Waals surface area (Å²) in [4.78, 5) is 9.47. The lowest BCUT2D eigenvalue weighted by molar-refractivity contribution is 0.0548. The summed E-state index contributed by atoms with van der Waals surface area (Å²) in [6, 6.07) is 10.7. The molecule has 7 nitrogen and oxygen atoms in total. The second kappa shape index (κ2) is 9.29. The summed E-state index contributed by atoms with van der Waals surface area (Å²) < 4.78 is 28.9. The van der Waals surface area contributed by atoms with Crippen molar-refractivity contribution in [3.8, 4) is 11.1 Å². The zero-order valence-corrected chi connectivity index (χ0v) is 22.0. The van der Waals surface area contributed by atoms with E-state index in [1.165, 1.54) is 6.07 Å². The first-order chi connectivity index (χ1) is 18.2. The van der Waals surface area contributed by atoms with E-state index in [0.717, 1.165) is 51.6 Å². The summed E-state index contributed by atoms with van der Waals surface area (Å²) in [7, 11) is 0. The van der Waals surface area contributed by atoms with Crippen LogP contribution >= 0.6 is 0 Å². The van der Waals surface area contributed by atoms with Crippen LogP contribution in [0.2, 0.25) is 0 Å². The van der Waals surface area contributed by atoms with Crippen LogP contribution in [-0.2, 0) is 10.3 Å². The number of rotatable bonds is 5. The van der Waals surface area contributed by atoms with Gasteiger partial charge in [-0.15, -0.1) is 0 Å². The Morgan fingerprint density at radius 1 is 1.05 bits per heavy atom. The number of aliphatic hydroxyl groups is 1. The van der Waals surface area contributed by atoms with Gasteiger partial charge in [0.2, 0.25) is 0 Å². The highest BCUT2D eigenvalue weighted by Gasteiger charge is 2.33. The molecule has 5 aromatic rings. The molecular weight excluding hydrogens is 483 g/mol. The maximum Gasteiger partial charge on any atom is 0.141 e. The third-order valence-electron chi connectivity index (χ3n) is 7.69. The van der Waals surface area contributed by atoms with Gasteiger partial charge >= 0.3 is 0 Å². The van der Waals surface area contributed by atoms with Crippen molar-refractivity contribution in [2.75, 3.05) is 13.2 Å². The van der Waals surface area contributed by atoms with Gasteiger partial charge in [0.25, 0.3) is 0 Å². The minimum atomic E-state index is -1.14. The third-order valence-corrected chi connectivity index (χ3v) is 7.69. The van der Waals surface area contributed by atoms with Gasteiger partial charge in [0.05, 0.1) is 34.0 Å². The van der Waals surface area contributed by atoms with Crippen LogP contribution in [0.5, 0.6) is 0 Å². The van der Waals surface area contributed by atoms with E-state index in [0.29, 0.717) is 30.2 Å². The fourth-order valence-electron chi connectivity index (χ4n) is 5.82. The van der Waals surface area contributed by atoms with Crippen LogP contribution in [0.3, 0.4) is 0 Å². The van der Waals surface area contributed by atoms with Crippen LogP contribution in [0.25, 0.3) is 33.1 Å². The molecule has 0 spiro atoms. The Morgan fingerprint density at radius 3 is 2.50 bits per heavy atom. The van der Waals surface area contributed by atoms with Crippen molar-refractivity contribution < 1.29 is 18.8 Å². The van der Waals surface area contributed by atoms with Gasteiger partial charge < -0.3 is 18.9 Å². The molecule has 0 aliphatic carbocycles. The molecule has 5 heterocycles. The standard InChI is InChI=1S/C30H31FN4O3/c1-17-27(18(2)38-34-17)20-13-25-28(33-15-20)22-16-32-26(30(3,4)36)14-24(22)35(25)29(19-9-11-37-12-10-19)21-7-5-6-8-23(21)31/h5-8,13-16,19,29,36H,9-12H2,1-4H3. The minimum absolute atomic E-state index is 0.140. The Hall–Kier alpha value is -3.62. The lowest BCUT2D eigenvalue weighted by Crippen LogP contribution is -2.27. The van der Waals surface area contributed by atoms with Gasteiger partial charge in [0.15, 0.2) is 0 Å². The van der Waals surface area contributed by atoms with Gasteiger partial charge in [0, 0.05) is 47.7 Å². The quantitative estimate of drug-likeness (QED) is 0.299. The number of hydrogen-bond donors (Lipinski definition) is 1. The summed E-state index contributed by atoms with van der Waals surface area (Å²) in [5.74, 6) is 0.610. The molecule has 1 fully saturated rings. The highest BCUT2D eigenvalue weighted by molar-refractivity contribution is 6.06. The molecule has 0 bridgehead atoms. The smallest absolute Gasteiger partial charge is 0.141 e. The summed E-state index contributed by atoms with van der Waals surface area (Å²) in [6.45, 7) is 8.50. The van der Waals surface area contributed by atoms with Crippen LogP contribution in [-0.4, -0.2) is 38.0 Å². The lowest BCUT2D eigenvalue weighted by atomic mass is 9.86. The molecule has 1 aromatic carbocycles. The molecule has 8 heteroatoms. The fourth-order valence-corrected chi connectivity index (χ4v) is 5.82. The lowest BCUT2D eigenvalue weighted by Gasteiger charge is -2.33. The Labute approximate surface area is 220 Å². The summed E-state index contributed by atoms with van der Waals surface area (Å²) in [5.41, 5.74) is 5.10. The topological polar surface area (TPSA) is 86.2 Å². The van der Waals surface area contributed by atoms with Crippen LogP contribution in [0, 0.1) is 25.6 Å². The number of fused-ring (bicyclic) bond motifs is 3. The monoisotopic (exact) mass is 514 g/mol. The van der Waals surface area contributed by atoms with Gasteiger partial charge in [-0.05, 0) is 64.7 Å². The zero-order chi connectivity index (χ0) is 26.6. The number of halogens is 1. The number of pyridine rings is 2. The average Bonchev–Trinajstić information content (AvgIpc) is 3.41. The van der Waals surface area contributed by atoms with Gasteiger partial charge in [-0.1, -0.05) is 23.4 Å². The second-order valence-electron chi connectivity index (χ2n) is 10.7. The van der Waals surface area contributed by atoms with Crippen molar-refractivity contribution in [2.45, 2.75) is 52.2 Å². The number of hydrogen-bond acceptors (Lipinski definition) is 6. The van der Waals surface area contributed by atoms with Gasteiger partial charge in [-0.25, -0.2) is 4.39 Å². The van der Waals surface area contributed by atoms with E-state index in [9.17, 15) is 5.11 Å². The molecule has 196 valence electrons. The van der Waals surface area contributed by atoms with E-state index in [-0.39, 0.29) is 17.8 Å². The summed E-state index contributed by atoms with van der Waals surface area (Å²) >= 11 is 0. The predicted octanol–water partition coefficient (Wildman–Crippen LogP) is 6.24. The van der Waals surface area contributed by atoms with Crippen molar-refractivity contribution in [2.24, 2.45) is 5.92 Å². The molecule has 1 aliphatic heterocycles. The SMILES string of the molecule is Cc1noc(C)c1-c1cnc2c3cnc(C(C)(C)O)cc3n(C(c3ccccc3F)C3CCOCC3)c2c1. The van der Waals surface area contributed by atoms with Crippen LogP contribution in [0.4, 0.5) is 4.39 Å². The molecule has 1 N–H and O–H groups in total. The minimum Gasteiger partial charge on any atom is -0.384 e. The first kappa shape index (κ1) is 24.7. The second-order valence-corrected chi connectivity index (χ2v) is 10.7. The fraction of sp³-hybridized carbons (Fsp3) is 0.367. The third kappa shape index (κ3) is 4.08. The number of nitrogens with zero attached hydrogens (tertiary/aromatic N) is 4.